The largest absolute Gasteiger partial charge is 0.352 e. The fraction of sp³-hybridized carbons (Fsp3) is 0.526. The maximum absolute atomic E-state index is 12.4. The Bertz CT molecular complexity index is 798. The number of likely N-dealkylation sites (tertiary alicyclic amines) is 1. The number of nitrogens with zero attached hydrogens (tertiary/aromatic N) is 3. The number of H-pyrrole nitrogens is 1. The number of nitrogens with one attached hydrogen (secondary N) is 2. The number of imidazole rings is 1. The molecule has 1 aromatic heterocycles. The Labute approximate surface area is 153 Å². The third-order valence-electron chi connectivity index (χ3n) is 4.87. The normalized spacial score (nSPS) is 17.5. The number of hydrogen-bond acceptors (Lipinski definition) is 4. The number of carbonyl (C=O) groups excluding carboxylic acids is 2. The van der Waals surface area contributed by atoms with Crippen molar-refractivity contribution in [3.63, 3.8) is 0 Å². The number of aryl methyl sites for hydroxylation is 1. The van der Waals surface area contributed by atoms with Gasteiger partial charge < -0.3 is 20.1 Å². The van der Waals surface area contributed by atoms with E-state index in [4.69, 9.17) is 0 Å². The Balaban J connectivity index is 1.52. The minimum atomic E-state index is -0.0941. The van der Waals surface area contributed by atoms with E-state index in [1.165, 1.54) is 0 Å². The molecule has 1 aliphatic rings. The van der Waals surface area contributed by atoms with Gasteiger partial charge in [0, 0.05) is 37.7 Å². The predicted molar refractivity (Wildman–Crippen MR) is 101 cm³/mol. The first-order valence-electron chi connectivity index (χ1n) is 9.13. The van der Waals surface area contributed by atoms with Gasteiger partial charge in [0.05, 0.1) is 11.0 Å². The number of hydrogen-bond donors (Lipinski definition) is 2. The first-order valence-corrected chi connectivity index (χ1v) is 9.13. The molecule has 7 nitrogen and oxygen atoms in total. The summed E-state index contributed by atoms with van der Waals surface area (Å²) in [5.74, 6) is 0.966. The van der Waals surface area contributed by atoms with Gasteiger partial charge in [0.2, 0.25) is 5.91 Å². The van der Waals surface area contributed by atoms with Crippen LogP contribution in [0.3, 0.4) is 0 Å². The Morgan fingerprint density at radius 2 is 2.23 bits per heavy atom. The average molecular weight is 357 g/mol. The second-order valence-corrected chi connectivity index (χ2v) is 7.18. The molecule has 7 heteroatoms. The van der Waals surface area contributed by atoms with E-state index >= 15 is 0 Å². The molecular weight excluding hydrogens is 330 g/mol. The van der Waals surface area contributed by atoms with Crippen LogP contribution >= 0.6 is 0 Å². The summed E-state index contributed by atoms with van der Waals surface area (Å²) in [6.45, 7) is 4.07. The number of rotatable bonds is 7. The summed E-state index contributed by atoms with van der Waals surface area (Å²) in [6.07, 6.45) is 2.28. The van der Waals surface area contributed by atoms with Crippen molar-refractivity contribution in [2.45, 2.75) is 32.2 Å². The second kappa shape index (κ2) is 7.86. The van der Waals surface area contributed by atoms with E-state index in [9.17, 15) is 9.59 Å². The minimum Gasteiger partial charge on any atom is -0.352 e. The van der Waals surface area contributed by atoms with Crippen molar-refractivity contribution in [2.24, 2.45) is 0 Å². The van der Waals surface area contributed by atoms with Gasteiger partial charge in [0.15, 0.2) is 0 Å². The highest BCUT2D eigenvalue weighted by Gasteiger charge is 2.30. The van der Waals surface area contributed by atoms with Crippen LogP contribution in [0.15, 0.2) is 18.2 Å². The van der Waals surface area contributed by atoms with E-state index in [0.29, 0.717) is 18.5 Å². The molecule has 140 valence electrons. The van der Waals surface area contributed by atoms with E-state index in [-0.39, 0.29) is 17.9 Å². The van der Waals surface area contributed by atoms with E-state index in [1.807, 2.05) is 38.1 Å². The van der Waals surface area contributed by atoms with Gasteiger partial charge in [-0.15, -0.1) is 0 Å². The standard InChI is InChI=1S/C19H27N5O2/c1-13-21-16-6-4-14(12-17(16)22-13)19(26)20-9-8-15-5-7-18(25)24(15)11-10-23(2)3/h4,6,12,15H,5,7-11H2,1-3H3,(H,20,26)(H,21,22). The van der Waals surface area contributed by atoms with Crippen LogP contribution in [0, 0.1) is 6.92 Å². The molecule has 0 radical (unpaired) electrons. The van der Waals surface area contributed by atoms with Gasteiger partial charge in [-0.1, -0.05) is 0 Å². The minimum absolute atomic E-state index is 0.0941. The summed E-state index contributed by atoms with van der Waals surface area (Å²) in [4.78, 5) is 36.0. The van der Waals surface area contributed by atoms with E-state index in [0.717, 1.165) is 42.8 Å². The Kier molecular flexibility index (Phi) is 5.56. The Morgan fingerprint density at radius 3 is 3.00 bits per heavy atom. The van der Waals surface area contributed by atoms with E-state index in [2.05, 4.69) is 20.2 Å². The maximum Gasteiger partial charge on any atom is 0.251 e. The zero-order valence-electron chi connectivity index (χ0n) is 15.7. The van der Waals surface area contributed by atoms with Gasteiger partial charge in [-0.2, -0.15) is 0 Å². The van der Waals surface area contributed by atoms with Crippen molar-refractivity contribution < 1.29 is 9.59 Å². The number of amides is 2. The molecule has 1 atom stereocenters. The highest BCUT2D eigenvalue weighted by Crippen LogP contribution is 2.21. The molecule has 26 heavy (non-hydrogen) atoms. The van der Waals surface area contributed by atoms with Crippen molar-refractivity contribution in [3.8, 4) is 0 Å². The molecule has 0 bridgehead atoms. The number of aromatic amines is 1. The van der Waals surface area contributed by atoms with Gasteiger partial charge in [0.25, 0.3) is 5.91 Å². The molecule has 2 amide bonds. The zero-order valence-corrected chi connectivity index (χ0v) is 15.7. The molecule has 1 aromatic carbocycles. The predicted octanol–water partition coefficient (Wildman–Crippen LogP) is 1.54. The van der Waals surface area contributed by atoms with Crippen LogP contribution < -0.4 is 5.32 Å². The third kappa shape index (κ3) is 4.22. The average Bonchev–Trinajstić information content (AvgIpc) is 3.13. The lowest BCUT2D eigenvalue weighted by Crippen LogP contribution is -2.40. The lowest BCUT2D eigenvalue weighted by atomic mass is 10.1. The SMILES string of the molecule is Cc1nc2ccc(C(=O)NCCC3CCC(=O)N3CCN(C)C)cc2[nH]1. The van der Waals surface area contributed by atoms with Crippen LogP contribution in [0.25, 0.3) is 11.0 Å². The quantitative estimate of drug-likeness (QED) is 0.788. The summed E-state index contributed by atoms with van der Waals surface area (Å²) < 4.78 is 0. The fourth-order valence-corrected chi connectivity index (χ4v) is 3.44. The molecule has 2 N–H and O–H groups in total. The van der Waals surface area contributed by atoms with Crippen LogP contribution in [-0.4, -0.2) is 71.4 Å². The van der Waals surface area contributed by atoms with Gasteiger partial charge in [-0.25, -0.2) is 4.98 Å². The number of benzene rings is 1. The molecule has 0 saturated carbocycles. The highest BCUT2D eigenvalue weighted by atomic mass is 16.2. The summed E-state index contributed by atoms with van der Waals surface area (Å²) in [6, 6.07) is 5.69. The number of aromatic nitrogens is 2. The molecule has 3 rings (SSSR count). The second-order valence-electron chi connectivity index (χ2n) is 7.18. The van der Waals surface area contributed by atoms with E-state index in [1.54, 1.807) is 6.07 Å². The molecule has 0 aliphatic carbocycles. The lowest BCUT2D eigenvalue weighted by molar-refractivity contribution is -0.129. The number of likely N-dealkylation sites (N-methyl/N-ethyl adjacent to an activating group) is 1. The van der Waals surface area contributed by atoms with Crippen LogP contribution in [0.5, 0.6) is 0 Å². The fourth-order valence-electron chi connectivity index (χ4n) is 3.44. The van der Waals surface area contributed by atoms with Gasteiger partial charge in [-0.05, 0) is 52.1 Å². The highest BCUT2D eigenvalue weighted by molar-refractivity contribution is 5.97. The molecule has 1 aliphatic heterocycles. The molecule has 1 unspecified atom stereocenters. The molecule has 2 aromatic rings. The van der Waals surface area contributed by atoms with Crippen LogP contribution in [0.4, 0.5) is 0 Å². The Hall–Kier alpha value is -2.41. The summed E-state index contributed by atoms with van der Waals surface area (Å²) in [7, 11) is 4.02. The molecule has 2 heterocycles. The van der Waals surface area contributed by atoms with Crippen LogP contribution in [0.1, 0.15) is 35.4 Å². The molecular formula is C19H27N5O2. The maximum atomic E-state index is 12.4. The van der Waals surface area contributed by atoms with Crippen molar-refractivity contribution in [1.82, 2.24) is 25.1 Å². The van der Waals surface area contributed by atoms with Crippen molar-refractivity contribution in [2.75, 3.05) is 33.7 Å². The van der Waals surface area contributed by atoms with Crippen molar-refractivity contribution in [3.05, 3.63) is 29.6 Å². The lowest BCUT2D eigenvalue weighted by Gasteiger charge is -2.26. The van der Waals surface area contributed by atoms with Gasteiger partial charge >= 0.3 is 0 Å². The molecule has 1 saturated heterocycles. The van der Waals surface area contributed by atoms with Gasteiger partial charge in [0.1, 0.15) is 5.82 Å². The zero-order chi connectivity index (χ0) is 18.7. The van der Waals surface area contributed by atoms with Crippen molar-refractivity contribution in [1.29, 1.82) is 0 Å². The summed E-state index contributed by atoms with van der Waals surface area (Å²) >= 11 is 0. The van der Waals surface area contributed by atoms with Crippen LogP contribution in [0.2, 0.25) is 0 Å². The monoisotopic (exact) mass is 357 g/mol. The molecule has 0 spiro atoms. The first-order chi connectivity index (χ1) is 12.4. The smallest absolute Gasteiger partial charge is 0.251 e. The first kappa shape index (κ1) is 18.4. The Morgan fingerprint density at radius 1 is 1.42 bits per heavy atom. The summed E-state index contributed by atoms with van der Waals surface area (Å²) in [5, 5.41) is 2.98. The van der Waals surface area contributed by atoms with Crippen molar-refractivity contribution >= 4 is 22.8 Å². The van der Waals surface area contributed by atoms with E-state index < -0.39 is 0 Å². The van der Waals surface area contributed by atoms with Crippen LogP contribution in [-0.2, 0) is 4.79 Å². The summed E-state index contributed by atoms with van der Waals surface area (Å²) in [5.41, 5.74) is 2.35. The third-order valence-corrected chi connectivity index (χ3v) is 4.87. The number of carbonyl (C=O) groups is 2. The number of fused-ring (bicyclic) bond motifs is 1. The molecule has 1 fully saturated rings. The van der Waals surface area contributed by atoms with Gasteiger partial charge in [-0.3, -0.25) is 9.59 Å². The topological polar surface area (TPSA) is 81.3 Å².